The standard InChI is InChI=1S/C21H19N5O5/c1-21(13-7-8-16-17(11-13)31-10-4-9-30-16)19(28)25(20(29)22-21)12-26-18(27)14-5-2-3-6-15(14)23-24-26/h2-3,5-8,11H,4,9-10,12H2,1H3,(H,22,29). The van der Waals surface area contributed by atoms with Crippen molar-refractivity contribution < 1.29 is 19.1 Å². The second kappa shape index (κ2) is 7.08. The summed E-state index contributed by atoms with van der Waals surface area (Å²) in [6, 6.07) is 11.3. The molecule has 31 heavy (non-hydrogen) atoms. The minimum Gasteiger partial charge on any atom is -0.490 e. The van der Waals surface area contributed by atoms with Crippen LogP contribution in [-0.4, -0.2) is 45.0 Å². The topological polar surface area (TPSA) is 116 Å². The van der Waals surface area contributed by atoms with E-state index in [1.165, 1.54) is 0 Å². The molecule has 2 aromatic carbocycles. The Bertz CT molecular complexity index is 1270. The van der Waals surface area contributed by atoms with E-state index in [9.17, 15) is 14.4 Å². The summed E-state index contributed by atoms with van der Waals surface area (Å²) in [6.45, 7) is 2.32. The molecule has 0 spiro atoms. The summed E-state index contributed by atoms with van der Waals surface area (Å²) < 4.78 is 12.3. The molecular weight excluding hydrogens is 402 g/mol. The van der Waals surface area contributed by atoms with Crippen molar-refractivity contribution in [3.63, 3.8) is 0 Å². The maximum absolute atomic E-state index is 13.3. The highest BCUT2D eigenvalue weighted by molar-refractivity contribution is 6.07. The lowest BCUT2D eigenvalue weighted by Crippen LogP contribution is -2.42. The first-order valence-electron chi connectivity index (χ1n) is 9.84. The third-order valence-corrected chi connectivity index (χ3v) is 5.50. The predicted molar refractivity (Wildman–Crippen MR) is 109 cm³/mol. The van der Waals surface area contributed by atoms with Gasteiger partial charge in [-0.15, -0.1) is 5.10 Å². The van der Waals surface area contributed by atoms with E-state index >= 15 is 0 Å². The fraction of sp³-hybridized carbons (Fsp3) is 0.286. The van der Waals surface area contributed by atoms with Gasteiger partial charge in [0.25, 0.3) is 11.5 Å². The molecule has 1 saturated heterocycles. The van der Waals surface area contributed by atoms with Gasteiger partial charge in [-0.25, -0.2) is 9.69 Å². The lowest BCUT2D eigenvalue weighted by Gasteiger charge is -2.23. The van der Waals surface area contributed by atoms with Crippen LogP contribution in [0.4, 0.5) is 4.79 Å². The van der Waals surface area contributed by atoms with E-state index in [-0.39, 0.29) is 6.67 Å². The number of amides is 3. The van der Waals surface area contributed by atoms with Crippen LogP contribution in [0.5, 0.6) is 11.5 Å². The van der Waals surface area contributed by atoms with Crippen molar-refractivity contribution in [2.24, 2.45) is 0 Å². The Morgan fingerprint density at radius 1 is 1.06 bits per heavy atom. The van der Waals surface area contributed by atoms with Crippen molar-refractivity contribution in [2.75, 3.05) is 13.2 Å². The normalized spacial score (nSPS) is 20.6. The largest absolute Gasteiger partial charge is 0.490 e. The molecule has 0 aliphatic carbocycles. The van der Waals surface area contributed by atoms with E-state index < -0.39 is 23.0 Å². The minimum atomic E-state index is -1.32. The van der Waals surface area contributed by atoms with Gasteiger partial charge in [0, 0.05) is 6.42 Å². The van der Waals surface area contributed by atoms with E-state index in [0.717, 1.165) is 16.0 Å². The number of rotatable bonds is 3. The van der Waals surface area contributed by atoms with Crippen molar-refractivity contribution in [3.05, 3.63) is 58.4 Å². The van der Waals surface area contributed by atoms with E-state index in [4.69, 9.17) is 9.47 Å². The lowest BCUT2D eigenvalue weighted by atomic mass is 9.91. The van der Waals surface area contributed by atoms with Gasteiger partial charge in [0.15, 0.2) is 11.5 Å². The van der Waals surface area contributed by atoms with Crippen LogP contribution in [0, 0.1) is 0 Å². The number of benzene rings is 2. The molecule has 1 fully saturated rings. The number of carbonyl (C=O) groups is 2. The molecule has 1 atom stereocenters. The molecule has 2 aliphatic rings. The van der Waals surface area contributed by atoms with Gasteiger partial charge in [0.2, 0.25) is 0 Å². The number of imide groups is 1. The number of hydrogen-bond donors (Lipinski definition) is 1. The van der Waals surface area contributed by atoms with Gasteiger partial charge >= 0.3 is 6.03 Å². The lowest BCUT2D eigenvalue weighted by molar-refractivity contribution is -0.132. The summed E-state index contributed by atoms with van der Waals surface area (Å²) in [4.78, 5) is 39.6. The molecule has 158 valence electrons. The van der Waals surface area contributed by atoms with Crippen LogP contribution in [0.15, 0.2) is 47.3 Å². The molecule has 10 heteroatoms. The Balaban J connectivity index is 1.46. The summed E-state index contributed by atoms with van der Waals surface area (Å²) >= 11 is 0. The fourth-order valence-corrected chi connectivity index (χ4v) is 3.75. The molecule has 0 saturated carbocycles. The Morgan fingerprint density at radius 2 is 1.84 bits per heavy atom. The van der Waals surface area contributed by atoms with Gasteiger partial charge < -0.3 is 14.8 Å². The Morgan fingerprint density at radius 3 is 2.68 bits per heavy atom. The van der Waals surface area contributed by atoms with E-state index in [1.54, 1.807) is 49.4 Å². The zero-order valence-corrected chi connectivity index (χ0v) is 16.7. The van der Waals surface area contributed by atoms with Crippen LogP contribution < -0.4 is 20.3 Å². The van der Waals surface area contributed by atoms with Crippen molar-refractivity contribution in [2.45, 2.75) is 25.6 Å². The van der Waals surface area contributed by atoms with Gasteiger partial charge in [0.05, 0.1) is 18.6 Å². The van der Waals surface area contributed by atoms with Crippen LogP contribution in [0.3, 0.4) is 0 Å². The molecule has 1 N–H and O–H groups in total. The third kappa shape index (κ3) is 3.07. The molecule has 3 aromatic rings. The van der Waals surface area contributed by atoms with Crippen LogP contribution in [0.2, 0.25) is 0 Å². The van der Waals surface area contributed by atoms with Gasteiger partial charge in [-0.1, -0.05) is 23.4 Å². The predicted octanol–water partition coefficient (Wildman–Crippen LogP) is 1.38. The van der Waals surface area contributed by atoms with Gasteiger partial charge in [0.1, 0.15) is 17.7 Å². The summed E-state index contributed by atoms with van der Waals surface area (Å²) in [6.07, 6.45) is 0.756. The molecular formula is C21H19N5O5. The number of hydrogen-bond acceptors (Lipinski definition) is 7. The SMILES string of the molecule is CC1(c2ccc3c(c2)OCCCO3)NC(=O)N(Cn2nnc3ccccc3c2=O)C1=O. The quantitative estimate of drug-likeness (QED) is 0.635. The number of aromatic nitrogens is 3. The summed E-state index contributed by atoms with van der Waals surface area (Å²) in [5, 5.41) is 10.9. The summed E-state index contributed by atoms with van der Waals surface area (Å²) in [7, 11) is 0. The van der Waals surface area contributed by atoms with Crippen molar-refractivity contribution in [3.8, 4) is 11.5 Å². The zero-order chi connectivity index (χ0) is 21.6. The number of nitrogens with one attached hydrogen (secondary N) is 1. The van der Waals surface area contributed by atoms with Gasteiger partial charge in [-0.2, -0.15) is 4.68 Å². The van der Waals surface area contributed by atoms with Crippen LogP contribution in [0.1, 0.15) is 18.9 Å². The minimum absolute atomic E-state index is 0.346. The fourth-order valence-electron chi connectivity index (χ4n) is 3.75. The maximum Gasteiger partial charge on any atom is 0.326 e. The molecule has 0 radical (unpaired) electrons. The molecule has 0 bridgehead atoms. The van der Waals surface area contributed by atoms with Crippen molar-refractivity contribution in [1.82, 2.24) is 25.2 Å². The van der Waals surface area contributed by atoms with Crippen molar-refractivity contribution in [1.29, 1.82) is 0 Å². The van der Waals surface area contributed by atoms with E-state index in [2.05, 4.69) is 15.6 Å². The highest BCUT2D eigenvalue weighted by atomic mass is 16.5. The Labute approximate surface area is 176 Å². The average Bonchev–Trinajstić information content (AvgIpc) is 2.94. The Kier molecular flexibility index (Phi) is 4.35. The molecule has 5 rings (SSSR count). The molecule has 3 heterocycles. The summed E-state index contributed by atoms with van der Waals surface area (Å²) in [5.41, 5.74) is -0.765. The first-order valence-corrected chi connectivity index (χ1v) is 9.84. The van der Waals surface area contributed by atoms with E-state index in [1.807, 2.05) is 0 Å². The first-order chi connectivity index (χ1) is 15.0. The van der Waals surface area contributed by atoms with Crippen LogP contribution in [-0.2, 0) is 17.0 Å². The number of ether oxygens (including phenoxy) is 2. The number of nitrogens with zero attached hydrogens (tertiary/aromatic N) is 4. The zero-order valence-electron chi connectivity index (χ0n) is 16.7. The van der Waals surface area contributed by atoms with E-state index in [0.29, 0.717) is 41.2 Å². The highest BCUT2D eigenvalue weighted by Crippen LogP contribution is 2.36. The second-order valence-corrected chi connectivity index (χ2v) is 7.55. The van der Waals surface area contributed by atoms with Crippen LogP contribution in [0.25, 0.3) is 10.9 Å². The van der Waals surface area contributed by atoms with Crippen molar-refractivity contribution >= 4 is 22.8 Å². The molecule has 2 aliphatic heterocycles. The summed E-state index contributed by atoms with van der Waals surface area (Å²) in [5.74, 6) is 0.610. The first kappa shape index (κ1) is 19.0. The Hall–Kier alpha value is -3.95. The number of fused-ring (bicyclic) bond motifs is 2. The monoisotopic (exact) mass is 421 g/mol. The highest BCUT2D eigenvalue weighted by Gasteiger charge is 2.49. The number of carbonyl (C=O) groups excluding carboxylic acids is 2. The molecule has 3 amide bonds. The van der Waals surface area contributed by atoms with Crippen LogP contribution >= 0.6 is 0 Å². The average molecular weight is 421 g/mol. The third-order valence-electron chi connectivity index (χ3n) is 5.50. The van der Waals surface area contributed by atoms with Gasteiger partial charge in [-0.05, 0) is 36.8 Å². The molecule has 10 nitrogen and oxygen atoms in total. The molecule has 1 unspecified atom stereocenters. The van der Waals surface area contributed by atoms with Gasteiger partial charge in [-0.3, -0.25) is 9.59 Å². The molecule has 1 aromatic heterocycles. The maximum atomic E-state index is 13.3. The second-order valence-electron chi connectivity index (χ2n) is 7.55. The number of urea groups is 1. The smallest absolute Gasteiger partial charge is 0.326 e.